The Morgan fingerprint density at radius 1 is 1.33 bits per heavy atom. The molecule has 0 aromatic heterocycles. The summed E-state index contributed by atoms with van der Waals surface area (Å²) in [7, 11) is 0. The van der Waals surface area contributed by atoms with E-state index in [1.165, 1.54) is 12.1 Å². The maximum absolute atomic E-state index is 10.5. The Morgan fingerprint density at radius 2 is 1.89 bits per heavy atom. The third-order valence-electron chi connectivity index (χ3n) is 2.49. The first-order chi connectivity index (χ1) is 8.31. The highest BCUT2D eigenvalue weighted by atomic mass is 16.6. The summed E-state index contributed by atoms with van der Waals surface area (Å²) in [6, 6.07) is 6.38. The third kappa shape index (κ3) is 4.81. The van der Waals surface area contributed by atoms with Crippen LogP contribution in [0.2, 0.25) is 0 Å². The van der Waals surface area contributed by atoms with Crippen molar-refractivity contribution in [2.45, 2.75) is 38.8 Å². The van der Waals surface area contributed by atoms with Gasteiger partial charge in [-0.05, 0) is 32.8 Å². The van der Waals surface area contributed by atoms with Gasteiger partial charge in [-0.15, -0.1) is 0 Å². The van der Waals surface area contributed by atoms with Crippen molar-refractivity contribution in [3.8, 4) is 0 Å². The van der Waals surface area contributed by atoms with Crippen molar-refractivity contribution >= 4 is 5.69 Å². The molecule has 1 atom stereocenters. The van der Waals surface area contributed by atoms with E-state index in [2.05, 4.69) is 5.32 Å². The third-order valence-corrected chi connectivity index (χ3v) is 2.49. The van der Waals surface area contributed by atoms with Crippen molar-refractivity contribution in [3.63, 3.8) is 0 Å². The molecule has 5 nitrogen and oxygen atoms in total. The maximum Gasteiger partial charge on any atom is 0.269 e. The van der Waals surface area contributed by atoms with E-state index in [-0.39, 0.29) is 23.9 Å². The first-order valence-corrected chi connectivity index (χ1v) is 5.94. The summed E-state index contributed by atoms with van der Waals surface area (Å²) in [6.45, 7) is 6.14. The van der Waals surface area contributed by atoms with Gasteiger partial charge in [0, 0.05) is 23.7 Å². The number of nitrogens with one attached hydrogen (secondary N) is 1. The highest BCUT2D eigenvalue weighted by Crippen LogP contribution is 2.14. The van der Waals surface area contributed by atoms with E-state index in [0.29, 0.717) is 6.42 Å². The van der Waals surface area contributed by atoms with E-state index in [9.17, 15) is 15.2 Å². The molecule has 0 bridgehead atoms. The highest BCUT2D eigenvalue weighted by Gasteiger charge is 2.17. The first kappa shape index (κ1) is 14.6. The van der Waals surface area contributed by atoms with Gasteiger partial charge in [0.2, 0.25) is 0 Å². The summed E-state index contributed by atoms with van der Waals surface area (Å²) in [5, 5.41) is 23.2. The van der Waals surface area contributed by atoms with Crippen LogP contribution in [-0.2, 0) is 6.42 Å². The number of aliphatic hydroxyl groups excluding tert-OH is 1. The number of rotatable bonds is 5. The van der Waals surface area contributed by atoms with Crippen molar-refractivity contribution in [1.82, 2.24) is 5.32 Å². The molecule has 1 aromatic carbocycles. The minimum absolute atomic E-state index is 0.0360. The molecule has 0 aliphatic carbocycles. The monoisotopic (exact) mass is 252 g/mol. The Balaban J connectivity index is 2.67. The van der Waals surface area contributed by atoms with Gasteiger partial charge in [-0.3, -0.25) is 10.1 Å². The fraction of sp³-hybridized carbons (Fsp3) is 0.538. The molecule has 0 spiro atoms. The average Bonchev–Trinajstić information content (AvgIpc) is 2.27. The lowest BCUT2D eigenvalue weighted by Crippen LogP contribution is -2.46. The van der Waals surface area contributed by atoms with Crippen LogP contribution in [0.1, 0.15) is 26.3 Å². The lowest BCUT2D eigenvalue weighted by atomic mass is 10.0. The molecule has 0 radical (unpaired) electrons. The van der Waals surface area contributed by atoms with Crippen molar-refractivity contribution in [3.05, 3.63) is 39.9 Å². The molecule has 1 rings (SSSR count). The van der Waals surface area contributed by atoms with Gasteiger partial charge < -0.3 is 10.4 Å². The summed E-state index contributed by atoms with van der Waals surface area (Å²) in [4.78, 5) is 10.1. The number of hydrogen-bond donors (Lipinski definition) is 2. The molecule has 5 heteroatoms. The van der Waals surface area contributed by atoms with Crippen LogP contribution in [0.4, 0.5) is 5.69 Å². The summed E-state index contributed by atoms with van der Waals surface area (Å²) >= 11 is 0. The van der Waals surface area contributed by atoms with Gasteiger partial charge in [0.05, 0.1) is 11.5 Å². The molecule has 0 fully saturated rings. The van der Waals surface area contributed by atoms with E-state index in [0.717, 1.165) is 5.56 Å². The van der Waals surface area contributed by atoms with Crippen molar-refractivity contribution < 1.29 is 10.0 Å². The smallest absolute Gasteiger partial charge is 0.269 e. The fourth-order valence-corrected chi connectivity index (χ4v) is 1.81. The fourth-order valence-electron chi connectivity index (χ4n) is 1.81. The molecule has 1 unspecified atom stereocenters. The molecule has 0 aliphatic heterocycles. The molecule has 0 saturated heterocycles. The Kier molecular flexibility index (Phi) is 4.81. The zero-order valence-corrected chi connectivity index (χ0v) is 11.0. The second kappa shape index (κ2) is 5.93. The predicted molar refractivity (Wildman–Crippen MR) is 70.6 cm³/mol. The molecule has 0 heterocycles. The lowest BCUT2D eigenvalue weighted by Gasteiger charge is -2.27. The number of aliphatic hydroxyl groups is 1. The molecule has 1 aromatic rings. The molecule has 100 valence electrons. The van der Waals surface area contributed by atoms with Crippen LogP contribution in [0, 0.1) is 10.1 Å². The van der Waals surface area contributed by atoms with Crippen LogP contribution in [0.3, 0.4) is 0 Å². The lowest BCUT2D eigenvalue weighted by molar-refractivity contribution is -0.384. The summed E-state index contributed by atoms with van der Waals surface area (Å²) in [5.74, 6) is 0. The van der Waals surface area contributed by atoms with Crippen LogP contribution < -0.4 is 5.32 Å². The van der Waals surface area contributed by atoms with Crippen molar-refractivity contribution in [1.29, 1.82) is 0 Å². The normalized spacial score (nSPS) is 13.3. The van der Waals surface area contributed by atoms with E-state index in [4.69, 9.17) is 0 Å². The van der Waals surface area contributed by atoms with Crippen LogP contribution in [-0.4, -0.2) is 28.2 Å². The van der Waals surface area contributed by atoms with E-state index in [1.807, 2.05) is 20.8 Å². The zero-order chi connectivity index (χ0) is 13.8. The average molecular weight is 252 g/mol. The van der Waals surface area contributed by atoms with Crippen molar-refractivity contribution in [2.75, 3.05) is 6.61 Å². The Labute approximate surface area is 107 Å². The van der Waals surface area contributed by atoms with Crippen LogP contribution in [0.5, 0.6) is 0 Å². The van der Waals surface area contributed by atoms with Gasteiger partial charge in [0.1, 0.15) is 0 Å². The van der Waals surface area contributed by atoms with E-state index in [1.54, 1.807) is 12.1 Å². The zero-order valence-electron chi connectivity index (χ0n) is 11.0. The Hall–Kier alpha value is -1.46. The molecular formula is C13H20N2O3. The van der Waals surface area contributed by atoms with Crippen LogP contribution in [0.25, 0.3) is 0 Å². The summed E-state index contributed by atoms with van der Waals surface area (Å²) < 4.78 is 0. The Bertz CT molecular complexity index is 396. The summed E-state index contributed by atoms with van der Waals surface area (Å²) in [5.41, 5.74) is 0.980. The quantitative estimate of drug-likeness (QED) is 0.620. The molecular weight excluding hydrogens is 232 g/mol. The van der Waals surface area contributed by atoms with Gasteiger partial charge in [0.15, 0.2) is 0 Å². The van der Waals surface area contributed by atoms with Crippen molar-refractivity contribution in [2.24, 2.45) is 0 Å². The second-order valence-electron chi connectivity index (χ2n) is 5.40. The SMILES string of the molecule is CC(C)(C)NC(CO)Cc1ccc([N+](=O)[O-])cc1. The summed E-state index contributed by atoms with van der Waals surface area (Å²) in [6.07, 6.45) is 0.645. The van der Waals surface area contributed by atoms with Crippen LogP contribution >= 0.6 is 0 Å². The molecule has 0 amide bonds. The van der Waals surface area contributed by atoms with Gasteiger partial charge in [-0.25, -0.2) is 0 Å². The van der Waals surface area contributed by atoms with E-state index >= 15 is 0 Å². The van der Waals surface area contributed by atoms with Gasteiger partial charge in [0.25, 0.3) is 5.69 Å². The first-order valence-electron chi connectivity index (χ1n) is 5.94. The minimum Gasteiger partial charge on any atom is -0.395 e. The van der Waals surface area contributed by atoms with Gasteiger partial charge in [-0.1, -0.05) is 12.1 Å². The molecule has 18 heavy (non-hydrogen) atoms. The van der Waals surface area contributed by atoms with E-state index < -0.39 is 4.92 Å². The number of non-ortho nitro benzene ring substituents is 1. The number of benzene rings is 1. The number of nitro groups is 1. The molecule has 2 N–H and O–H groups in total. The number of hydrogen-bond acceptors (Lipinski definition) is 4. The largest absolute Gasteiger partial charge is 0.395 e. The highest BCUT2D eigenvalue weighted by molar-refractivity contribution is 5.33. The minimum atomic E-state index is -0.416. The van der Waals surface area contributed by atoms with Gasteiger partial charge >= 0.3 is 0 Å². The maximum atomic E-state index is 10.5. The molecule has 0 saturated carbocycles. The van der Waals surface area contributed by atoms with Gasteiger partial charge in [-0.2, -0.15) is 0 Å². The second-order valence-corrected chi connectivity index (χ2v) is 5.40. The standard InChI is InChI=1S/C13H20N2O3/c1-13(2,3)14-11(9-16)8-10-4-6-12(7-5-10)15(17)18/h4-7,11,14,16H,8-9H2,1-3H3. The topological polar surface area (TPSA) is 75.4 Å². The number of nitro benzene ring substituents is 1. The van der Waals surface area contributed by atoms with Crippen LogP contribution in [0.15, 0.2) is 24.3 Å². The molecule has 0 aliphatic rings. The predicted octanol–water partition coefficient (Wildman–Crippen LogP) is 1.89. The number of nitrogens with zero attached hydrogens (tertiary/aromatic N) is 1. The Morgan fingerprint density at radius 3 is 2.28 bits per heavy atom.